The highest BCUT2D eigenvalue weighted by molar-refractivity contribution is 5.45. The summed E-state index contributed by atoms with van der Waals surface area (Å²) in [6, 6.07) is 10.0. The lowest BCUT2D eigenvalue weighted by Gasteiger charge is -1.85. The van der Waals surface area contributed by atoms with Gasteiger partial charge < -0.3 is 4.74 Å². The number of hydrogen-bond donors (Lipinski definition) is 0. The molecule has 0 aliphatic carbocycles. The second-order valence-electron chi connectivity index (χ2n) is 3.01. The molecule has 1 aromatic carbocycles. The molecule has 0 saturated carbocycles. The summed E-state index contributed by atoms with van der Waals surface area (Å²) in [6.07, 6.45) is 6.37. The molecule has 1 saturated heterocycles. The second kappa shape index (κ2) is 6.17. The Kier molecular flexibility index (Phi) is 4.73. The maximum atomic E-state index is 4.86. The quantitative estimate of drug-likeness (QED) is 0.512. The smallest absolute Gasteiger partial charge is 0.0990 e. The monoisotopic (exact) mass is 188 g/mol. The Bertz CT molecular complexity index is 283. The van der Waals surface area contributed by atoms with Crippen LogP contribution in [0.4, 0.5) is 0 Å². The van der Waals surface area contributed by atoms with Gasteiger partial charge in [0.25, 0.3) is 0 Å². The lowest BCUT2D eigenvalue weighted by Crippen LogP contribution is -1.68. The number of hydrogen-bond acceptors (Lipinski definition) is 1. The van der Waals surface area contributed by atoms with Crippen LogP contribution in [0.15, 0.2) is 49.1 Å². The topological polar surface area (TPSA) is 12.5 Å². The molecule has 1 aromatic rings. The first kappa shape index (κ1) is 10.7. The standard InChI is InChI=1S/C8H8.C5H8O/c1-2-8-6-4-3-5-7-8;1-2-3-5-4-6-5/h2-7H,1H2;2-3,5H,4H2,1H3. The largest absolute Gasteiger partial charge is 0.369 e. The van der Waals surface area contributed by atoms with Crippen molar-refractivity contribution in [3.8, 4) is 0 Å². The summed E-state index contributed by atoms with van der Waals surface area (Å²) in [5.41, 5.74) is 1.17. The molecule has 1 aliphatic heterocycles. The fourth-order valence-electron chi connectivity index (χ4n) is 0.970. The molecule has 1 atom stereocenters. The third kappa shape index (κ3) is 4.63. The van der Waals surface area contributed by atoms with E-state index in [1.54, 1.807) is 0 Å². The van der Waals surface area contributed by atoms with Crippen LogP contribution in [-0.2, 0) is 4.74 Å². The zero-order valence-corrected chi connectivity index (χ0v) is 8.52. The van der Waals surface area contributed by atoms with E-state index in [2.05, 4.69) is 12.7 Å². The van der Waals surface area contributed by atoms with Crippen molar-refractivity contribution in [1.82, 2.24) is 0 Å². The fourth-order valence-corrected chi connectivity index (χ4v) is 0.970. The third-order valence-electron chi connectivity index (χ3n) is 1.80. The van der Waals surface area contributed by atoms with Crippen molar-refractivity contribution < 1.29 is 4.74 Å². The molecule has 0 aromatic heterocycles. The van der Waals surface area contributed by atoms with Crippen molar-refractivity contribution in [3.63, 3.8) is 0 Å². The van der Waals surface area contributed by atoms with Crippen molar-refractivity contribution >= 4 is 6.08 Å². The number of allylic oxidation sites excluding steroid dienone is 1. The van der Waals surface area contributed by atoms with Gasteiger partial charge in [-0.15, -0.1) is 0 Å². The van der Waals surface area contributed by atoms with E-state index in [9.17, 15) is 0 Å². The van der Waals surface area contributed by atoms with Crippen molar-refractivity contribution in [2.24, 2.45) is 0 Å². The summed E-state index contributed by atoms with van der Waals surface area (Å²) in [5.74, 6) is 0. The Hall–Kier alpha value is -1.34. The molecule has 1 fully saturated rings. The van der Waals surface area contributed by atoms with Crippen LogP contribution in [-0.4, -0.2) is 12.7 Å². The van der Waals surface area contributed by atoms with E-state index in [0.29, 0.717) is 6.10 Å². The van der Waals surface area contributed by atoms with E-state index in [-0.39, 0.29) is 0 Å². The summed E-state index contributed by atoms with van der Waals surface area (Å²) < 4.78 is 4.86. The van der Waals surface area contributed by atoms with Crippen molar-refractivity contribution in [1.29, 1.82) is 0 Å². The lowest BCUT2D eigenvalue weighted by molar-refractivity contribution is 0.440. The molecule has 1 unspecified atom stereocenters. The first-order valence-corrected chi connectivity index (χ1v) is 4.78. The Balaban J connectivity index is 0.000000146. The van der Waals surface area contributed by atoms with E-state index in [1.807, 2.05) is 49.4 Å². The predicted octanol–water partition coefficient (Wildman–Crippen LogP) is 3.29. The molecule has 0 radical (unpaired) electrons. The molecule has 1 aliphatic rings. The van der Waals surface area contributed by atoms with E-state index in [4.69, 9.17) is 4.74 Å². The van der Waals surface area contributed by atoms with Gasteiger partial charge in [-0.1, -0.05) is 55.1 Å². The van der Waals surface area contributed by atoms with Crippen molar-refractivity contribution in [2.75, 3.05) is 6.61 Å². The minimum Gasteiger partial charge on any atom is -0.369 e. The molecule has 14 heavy (non-hydrogen) atoms. The molecule has 74 valence electrons. The summed E-state index contributed by atoms with van der Waals surface area (Å²) in [6.45, 7) is 6.57. The van der Waals surface area contributed by atoms with Crippen LogP contribution in [0.25, 0.3) is 6.08 Å². The van der Waals surface area contributed by atoms with Crippen LogP contribution in [0, 0.1) is 0 Å². The van der Waals surface area contributed by atoms with Gasteiger partial charge >= 0.3 is 0 Å². The van der Waals surface area contributed by atoms with E-state index >= 15 is 0 Å². The predicted molar refractivity (Wildman–Crippen MR) is 61.1 cm³/mol. The lowest BCUT2D eigenvalue weighted by atomic mass is 10.2. The number of rotatable bonds is 2. The highest BCUT2D eigenvalue weighted by Gasteiger charge is 2.16. The van der Waals surface area contributed by atoms with Crippen LogP contribution >= 0.6 is 0 Å². The molecular weight excluding hydrogens is 172 g/mol. The minimum atomic E-state index is 0.468. The van der Waals surface area contributed by atoms with Gasteiger partial charge in [0.05, 0.1) is 12.7 Å². The average Bonchev–Trinajstić information content (AvgIpc) is 3.05. The Morgan fingerprint density at radius 2 is 2.00 bits per heavy atom. The summed E-state index contributed by atoms with van der Waals surface area (Å²) >= 11 is 0. The first-order valence-electron chi connectivity index (χ1n) is 4.78. The third-order valence-corrected chi connectivity index (χ3v) is 1.80. The zero-order valence-electron chi connectivity index (χ0n) is 8.52. The average molecular weight is 188 g/mol. The van der Waals surface area contributed by atoms with E-state index in [1.165, 1.54) is 5.56 Å². The molecule has 0 N–H and O–H groups in total. The normalized spacial score (nSPS) is 18.5. The second-order valence-corrected chi connectivity index (χ2v) is 3.01. The van der Waals surface area contributed by atoms with Gasteiger partial charge in [-0.25, -0.2) is 0 Å². The molecule has 2 rings (SSSR count). The summed E-state index contributed by atoms with van der Waals surface area (Å²) in [5, 5.41) is 0. The van der Waals surface area contributed by atoms with Crippen molar-refractivity contribution in [2.45, 2.75) is 13.0 Å². The molecular formula is C13H16O. The molecule has 1 heteroatoms. The molecule has 0 spiro atoms. The van der Waals surface area contributed by atoms with Crippen LogP contribution in [0.3, 0.4) is 0 Å². The van der Waals surface area contributed by atoms with Gasteiger partial charge in [-0.3, -0.25) is 0 Å². The number of epoxide rings is 1. The maximum absolute atomic E-state index is 4.86. The van der Waals surface area contributed by atoms with Gasteiger partial charge in [0.2, 0.25) is 0 Å². The summed E-state index contributed by atoms with van der Waals surface area (Å²) in [4.78, 5) is 0. The summed E-state index contributed by atoms with van der Waals surface area (Å²) in [7, 11) is 0. The zero-order chi connectivity index (χ0) is 10.2. The highest BCUT2D eigenvalue weighted by atomic mass is 16.6. The van der Waals surface area contributed by atoms with Gasteiger partial charge in [0, 0.05) is 0 Å². The Labute approximate surface area is 85.7 Å². The fraction of sp³-hybridized carbons (Fsp3) is 0.231. The van der Waals surface area contributed by atoms with Crippen LogP contribution < -0.4 is 0 Å². The van der Waals surface area contributed by atoms with Gasteiger partial charge in [0.1, 0.15) is 0 Å². The Morgan fingerprint density at radius 1 is 1.36 bits per heavy atom. The molecule has 0 amide bonds. The number of ether oxygens (including phenoxy) is 1. The van der Waals surface area contributed by atoms with Crippen LogP contribution in [0.1, 0.15) is 12.5 Å². The number of benzene rings is 1. The molecule has 1 heterocycles. The van der Waals surface area contributed by atoms with E-state index in [0.717, 1.165) is 6.61 Å². The highest BCUT2D eigenvalue weighted by Crippen LogP contribution is 2.08. The van der Waals surface area contributed by atoms with Crippen LogP contribution in [0.2, 0.25) is 0 Å². The molecule has 1 nitrogen and oxygen atoms in total. The van der Waals surface area contributed by atoms with Crippen molar-refractivity contribution in [3.05, 3.63) is 54.6 Å². The van der Waals surface area contributed by atoms with Gasteiger partial charge in [-0.05, 0) is 12.5 Å². The maximum Gasteiger partial charge on any atom is 0.0990 e. The molecule has 0 bridgehead atoms. The van der Waals surface area contributed by atoms with Gasteiger partial charge in [-0.2, -0.15) is 0 Å². The van der Waals surface area contributed by atoms with Gasteiger partial charge in [0.15, 0.2) is 0 Å². The SMILES string of the molecule is C=Cc1ccccc1.CC=CC1CO1. The van der Waals surface area contributed by atoms with Crippen LogP contribution in [0.5, 0.6) is 0 Å². The first-order chi connectivity index (χ1) is 6.86. The van der Waals surface area contributed by atoms with E-state index < -0.39 is 0 Å². The minimum absolute atomic E-state index is 0.468. The Morgan fingerprint density at radius 3 is 2.29 bits per heavy atom.